The average Bonchev–Trinajstić information content (AvgIpc) is 2.09. The lowest BCUT2D eigenvalue weighted by molar-refractivity contribution is -0.537. The number of primary amides is 1. The normalized spacial score (nSPS) is 10.5. The molecule has 0 aromatic rings. The number of hydrogen-bond acceptors (Lipinski definition) is 2. The Bertz CT molecular complexity index is 153. The molecule has 0 aromatic heterocycles. The third-order valence-electron chi connectivity index (χ3n) is 1.56. The Morgan fingerprint density at radius 3 is 2.83 bits per heavy atom. The summed E-state index contributed by atoms with van der Waals surface area (Å²) in [5, 5.41) is 3.90. The van der Waals surface area contributed by atoms with Crippen molar-refractivity contribution in [3.63, 3.8) is 0 Å². The maximum absolute atomic E-state index is 10.1. The fourth-order valence-electron chi connectivity index (χ4n) is 0.923. The first-order chi connectivity index (χ1) is 6.27. The molecule has 70 valence electrons. The maximum Gasteiger partial charge on any atom is 0.207 e. The van der Waals surface area contributed by atoms with Gasteiger partial charge in [-0.1, -0.05) is 6.42 Å². The number of carbonyl (C=O) groups excluding carboxylic acids is 2. The molecule has 4 nitrogen and oxygen atoms in total. The van der Waals surface area contributed by atoms with Gasteiger partial charge in [0.1, 0.15) is 1.37 Å². The van der Waals surface area contributed by atoms with Gasteiger partial charge >= 0.3 is 0 Å². The number of nitrogens with one attached hydrogen (secondary N) is 1. The van der Waals surface area contributed by atoms with E-state index in [1.807, 2.05) is 0 Å². The summed E-state index contributed by atoms with van der Waals surface area (Å²) in [6.07, 6.45) is 4.97. The second kappa shape index (κ2) is 10.1. The molecule has 0 aliphatic carbocycles. The van der Waals surface area contributed by atoms with Crippen LogP contribution in [-0.4, -0.2) is 25.9 Å². The van der Waals surface area contributed by atoms with E-state index in [0.29, 0.717) is 6.54 Å². The monoisotopic (exact) mass is 174 g/mol. The van der Waals surface area contributed by atoms with E-state index >= 15 is 0 Å². The van der Waals surface area contributed by atoms with Crippen LogP contribution < -0.4 is 10.6 Å². The number of quaternary nitrogens is 1. The van der Waals surface area contributed by atoms with Crippen LogP contribution in [0.25, 0.3) is 0 Å². The van der Waals surface area contributed by atoms with Gasteiger partial charge in [0.2, 0.25) is 6.39 Å². The number of amides is 2. The second-order valence-corrected chi connectivity index (χ2v) is 2.55. The zero-order valence-corrected chi connectivity index (χ0v) is 7.14. The summed E-state index contributed by atoms with van der Waals surface area (Å²) in [4.78, 5) is 19.9. The molecule has 0 aromatic carbocycles. The smallest absolute Gasteiger partial charge is 0.207 e. The summed E-state index contributed by atoms with van der Waals surface area (Å²) in [6.45, 7) is 1.36. The lowest BCUT2D eigenvalue weighted by Crippen LogP contribution is -2.82. The SMILES string of the molecule is [3H]C(=O)NCCCCCC[NH2+][C-]=O. The van der Waals surface area contributed by atoms with E-state index in [9.17, 15) is 9.59 Å². The number of rotatable bonds is 8. The van der Waals surface area contributed by atoms with Crippen molar-refractivity contribution in [2.75, 3.05) is 13.1 Å². The Hall–Kier alpha value is -0.900. The Labute approximate surface area is 74.1 Å². The van der Waals surface area contributed by atoms with Gasteiger partial charge in [0.15, 0.2) is 0 Å². The van der Waals surface area contributed by atoms with Gasteiger partial charge in [-0.2, -0.15) is 0 Å². The largest absolute Gasteiger partial charge is 0.475 e. The minimum absolute atomic E-state index is 0.575. The van der Waals surface area contributed by atoms with Gasteiger partial charge in [-0.3, -0.25) is 4.79 Å². The molecule has 0 bridgehead atoms. The highest BCUT2D eigenvalue weighted by Crippen LogP contribution is 1.95. The molecule has 0 saturated heterocycles. The molecule has 3 N–H and O–H groups in total. The average molecular weight is 174 g/mol. The summed E-state index contributed by atoms with van der Waals surface area (Å²) in [7, 11) is 0. The summed E-state index contributed by atoms with van der Waals surface area (Å²) < 4.78 is 6.55. The fourth-order valence-corrected chi connectivity index (χ4v) is 0.923. The zero-order chi connectivity index (χ0) is 9.94. The molecule has 12 heavy (non-hydrogen) atoms. The third kappa shape index (κ3) is 9.10. The molecule has 0 rings (SSSR count). The van der Waals surface area contributed by atoms with Crippen molar-refractivity contribution in [2.45, 2.75) is 25.7 Å². The van der Waals surface area contributed by atoms with E-state index in [0.717, 1.165) is 32.2 Å². The van der Waals surface area contributed by atoms with Gasteiger partial charge in [0.25, 0.3) is 0 Å². The van der Waals surface area contributed by atoms with E-state index in [1.54, 1.807) is 6.41 Å². The Morgan fingerprint density at radius 1 is 1.42 bits per heavy atom. The first-order valence-corrected chi connectivity index (χ1v) is 4.21. The molecule has 2 amide bonds. The number of nitrogens with two attached hydrogens (primary N) is 1. The summed E-state index contributed by atoms with van der Waals surface area (Å²) in [6, 6.07) is 0. The molecular formula is C8H16N2O2. The topological polar surface area (TPSA) is 62.8 Å². The summed E-state index contributed by atoms with van der Waals surface area (Å²) >= 11 is 0. The van der Waals surface area contributed by atoms with Crippen LogP contribution in [-0.2, 0) is 9.59 Å². The minimum atomic E-state index is -0.719. The van der Waals surface area contributed by atoms with Crippen molar-refractivity contribution in [3.8, 4) is 0 Å². The molecule has 0 heterocycles. The molecule has 0 spiro atoms. The van der Waals surface area contributed by atoms with Crippen LogP contribution in [0.4, 0.5) is 0 Å². The first kappa shape index (κ1) is 9.19. The van der Waals surface area contributed by atoms with Gasteiger partial charge in [0.05, 0.1) is 6.54 Å². The van der Waals surface area contributed by atoms with Crippen LogP contribution in [0.1, 0.15) is 27.1 Å². The van der Waals surface area contributed by atoms with Crippen molar-refractivity contribution >= 4 is 12.8 Å². The van der Waals surface area contributed by atoms with E-state index < -0.39 is 6.39 Å². The van der Waals surface area contributed by atoms with Crippen molar-refractivity contribution in [1.29, 1.82) is 0 Å². The molecule has 0 aliphatic heterocycles. The highest BCUT2D eigenvalue weighted by atomic mass is 16.1. The van der Waals surface area contributed by atoms with E-state index in [2.05, 4.69) is 5.32 Å². The van der Waals surface area contributed by atoms with Gasteiger partial charge in [-0.15, -0.1) is 0 Å². The van der Waals surface area contributed by atoms with Crippen LogP contribution in [0.5, 0.6) is 0 Å². The van der Waals surface area contributed by atoms with Crippen LogP contribution in [0.2, 0.25) is 0 Å². The van der Waals surface area contributed by atoms with Crippen molar-refractivity contribution in [2.24, 2.45) is 0 Å². The predicted octanol–water partition coefficient (Wildman–Crippen LogP) is -1.08. The fraction of sp³-hybridized carbons (Fsp3) is 0.750. The van der Waals surface area contributed by atoms with E-state index in [4.69, 9.17) is 1.37 Å². The molecule has 0 fully saturated rings. The summed E-state index contributed by atoms with van der Waals surface area (Å²) in [5.74, 6) is 0. The predicted molar refractivity (Wildman–Crippen MR) is 45.0 cm³/mol. The van der Waals surface area contributed by atoms with Crippen LogP contribution in [0.15, 0.2) is 0 Å². The van der Waals surface area contributed by atoms with Crippen LogP contribution in [0, 0.1) is 0 Å². The molecular weight excluding hydrogens is 156 g/mol. The van der Waals surface area contributed by atoms with E-state index in [-0.39, 0.29) is 0 Å². The lowest BCUT2D eigenvalue weighted by Gasteiger charge is -2.00. The van der Waals surface area contributed by atoms with Crippen molar-refractivity contribution in [3.05, 3.63) is 0 Å². The Balaban J connectivity index is 2.91. The van der Waals surface area contributed by atoms with Gasteiger partial charge < -0.3 is 15.4 Å². The van der Waals surface area contributed by atoms with Crippen LogP contribution in [0.3, 0.4) is 0 Å². The van der Waals surface area contributed by atoms with Gasteiger partial charge in [0, 0.05) is 6.54 Å². The van der Waals surface area contributed by atoms with Crippen molar-refractivity contribution in [1.82, 2.24) is 5.32 Å². The Morgan fingerprint density at radius 2 is 2.17 bits per heavy atom. The number of unbranched alkanes of at least 4 members (excludes halogenated alkanes) is 3. The zero-order valence-electron chi connectivity index (χ0n) is 8.14. The Kier molecular flexibility index (Phi) is 7.73. The van der Waals surface area contributed by atoms with Gasteiger partial charge in [-0.05, 0) is 25.7 Å². The molecule has 0 atom stereocenters. The first-order valence-electron chi connectivity index (χ1n) is 4.71. The molecule has 0 aliphatic rings. The molecule has 0 saturated carbocycles. The highest BCUT2D eigenvalue weighted by Gasteiger charge is 1.88. The minimum Gasteiger partial charge on any atom is -0.475 e. The molecule has 0 radical (unpaired) electrons. The number of carbonyl (C=O) groups is 1. The van der Waals surface area contributed by atoms with Crippen molar-refractivity contribution < 1.29 is 16.3 Å². The maximum atomic E-state index is 10.1. The molecule has 0 unspecified atom stereocenters. The quantitative estimate of drug-likeness (QED) is 0.279. The standard InChI is InChI=1S/C8H16N2O2/c11-7-9-5-3-1-2-4-6-10-8-12/h7H,1-6,10H2,(H,9,11)/i7T. The second-order valence-electron chi connectivity index (χ2n) is 2.55. The summed E-state index contributed by atoms with van der Waals surface area (Å²) in [5.41, 5.74) is 0. The molecule has 4 heteroatoms. The van der Waals surface area contributed by atoms with Gasteiger partial charge in [-0.25, -0.2) is 0 Å². The highest BCUT2D eigenvalue weighted by molar-refractivity contribution is 5.45. The van der Waals surface area contributed by atoms with Crippen LogP contribution >= 0.6 is 0 Å². The van der Waals surface area contributed by atoms with E-state index in [1.165, 1.54) is 5.32 Å². The lowest BCUT2D eigenvalue weighted by atomic mass is 10.2. The third-order valence-corrected chi connectivity index (χ3v) is 1.56. The number of hydrogen-bond donors (Lipinski definition) is 2.